The van der Waals surface area contributed by atoms with Crippen LogP contribution >= 0.6 is 11.8 Å². The Balaban J connectivity index is 1.79. The van der Waals surface area contributed by atoms with E-state index in [1.807, 2.05) is 17.8 Å². The van der Waals surface area contributed by atoms with Crippen molar-refractivity contribution in [2.75, 3.05) is 30.3 Å². The minimum Gasteiger partial charge on any atom is -0.352 e. The molecule has 0 bridgehead atoms. The van der Waals surface area contributed by atoms with Crippen molar-refractivity contribution < 1.29 is 8.42 Å². The highest BCUT2D eigenvalue weighted by molar-refractivity contribution is 8.00. The van der Waals surface area contributed by atoms with Gasteiger partial charge in [-0.3, -0.25) is 0 Å². The van der Waals surface area contributed by atoms with Gasteiger partial charge in [-0.25, -0.2) is 13.4 Å². The maximum absolute atomic E-state index is 12.7. The van der Waals surface area contributed by atoms with Crippen LogP contribution in [0.25, 0.3) is 0 Å². The topological polar surface area (TPSA) is 53.5 Å². The first-order valence-electron chi connectivity index (χ1n) is 8.34. The molecule has 2 atom stereocenters. The van der Waals surface area contributed by atoms with E-state index in [2.05, 4.69) is 23.7 Å². The van der Waals surface area contributed by atoms with Gasteiger partial charge in [0.15, 0.2) is 0 Å². The van der Waals surface area contributed by atoms with Crippen molar-refractivity contribution >= 4 is 27.6 Å². The monoisotopic (exact) mass is 355 g/mol. The second kappa shape index (κ2) is 6.99. The van der Waals surface area contributed by atoms with Gasteiger partial charge in [0, 0.05) is 42.9 Å². The van der Waals surface area contributed by atoms with E-state index in [9.17, 15) is 8.42 Å². The molecule has 0 aliphatic carbocycles. The maximum atomic E-state index is 12.7. The minimum absolute atomic E-state index is 0.315. The molecule has 5 nitrogen and oxygen atoms in total. The van der Waals surface area contributed by atoms with Gasteiger partial charge in [-0.1, -0.05) is 13.3 Å². The SMILES string of the molecule is CC1SCCN(c2ccc(S(=O)(=O)N3CCCCC3)cn2)C1C. The van der Waals surface area contributed by atoms with E-state index in [4.69, 9.17) is 0 Å². The summed E-state index contributed by atoms with van der Waals surface area (Å²) in [6, 6.07) is 3.98. The minimum atomic E-state index is -3.39. The molecule has 23 heavy (non-hydrogen) atoms. The Bertz CT molecular complexity index is 627. The first kappa shape index (κ1) is 17.0. The Hall–Kier alpha value is -0.790. The Kier molecular flexibility index (Phi) is 5.18. The maximum Gasteiger partial charge on any atom is 0.244 e. The standard InChI is InChI=1S/C16H25N3O2S2/c1-13-14(2)22-11-10-19(13)16-7-6-15(12-17-16)23(20,21)18-8-4-3-5-9-18/h6-7,12-14H,3-5,8-11H2,1-2H3. The highest BCUT2D eigenvalue weighted by Gasteiger charge is 2.28. The Morgan fingerprint density at radius 1 is 1.13 bits per heavy atom. The van der Waals surface area contributed by atoms with E-state index in [1.54, 1.807) is 10.4 Å². The van der Waals surface area contributed by atoms with E-state index in [-0.39, 0.29) is 0 Å². The van der Waals surface area contributed by atoms with Crippen LogP contribution < -0.4 is 4.90 Å². The van der Waals surface area contributed by atoms with Crippen molar-refractivity contribution in [2.24, 2.45) is 0 Å². The number of rotatable bonds is 3. The third-order valence-corrected chi connectivity index (χ3v) is 8.07. The lowest BCUT2D eigenvalue weighted by Gasteiger charge is -2.38. The third-order valence-electron chi connectivity index (χ3n) is 4.85. The molecule has 0 saturated carbocycles. The summed E-state index contributed by atoms with van der Waals surface area (Å²) in [6.07, 6.45) is 4.54. The number of thioether (sulfide) groups is 1. The van der Waals surface area contributed by atoms with Crippen molar-refractivity contribution in [2.45, 2.75) is 49.3 Å². The van der Waals surface area contributed by atoms with Gasteiger partial charge >= 0.3 is 0 Å². The predicted molar refractivity (Wildman–Crippen MR) is 95.6 cm³/mol. The largest absolute Gasteiger partial charge is 0.352 e. The van der Waals surface area contributed by atoms with Crippen molar-refractivity contribution in [1.29, 1.82) is 0 Å². The summed E-state index contributed by atoms with van der Waals surface area (Å²) in [7, 11) is -3.39. The Labute approximate surface area is 143 Å². The third kappa shape index (κ3) is 3.51. The summed E-state index contributed by atoms with van der Waals surface area (Å²) in [5, 5.41) is 0.558. The van der Waals surface area contributed by atoms with Crippen molar-refractivity contribution in [3.8, 4) is 0 Å². The lowest BCUT2D eigenvalue weighted by atomic mass is 10.2. The molecule has 2 aliphatic rings. The van der Waals surface area contributed by atoms with E-state index in [0.717, 1.165) is 37.4 Å². The van der Waals surface area contributed by atoms with E-state index >= 15 is 0 Å². The zero-order chi connectivity index (χ0) is 16.4. The molecule has 0 amide bonds. The summed E-state index contributed by atoms with van der Waals surface area (Å²) in [4.78, 5) is 7.05. The number of pyridine rings is 1. The lowest BCUT2D eigenvalue weighted by molar-refractivity contribution is 0.346. The molecule has 3 heterocycles. The Morgan fingerprint density at radius 2 is 1.87 bits per heavy atom. The van der Waals surface area contributed by atoms with Crippen molar-refractivity contribution in [3.05, 3.63) is 18.3 Å². The molecular weight excluding hydrogens is 330 g/mol. The summed E-state index contributed by atoms with van der Waals surface area (Å²) >= 11 is 1.98. The van der Waals surface area contributed by atoms with Crippen molar-refractivity contribution in [3.63, 3.8) is 0 Å². The zero-order valence-electron chi connectivity index (χ0n) is 13.8. The van der Waals surface area contributed by atoms with Crippen LogP contribution in [0.5, 0.6) is 0 Å². The molecule has 1 aromatic rings. The number of piperidine rings is 1. The summed E-state index contributed by atoms with van der Waals surface area (Å²) in [6.45, 7) is 6.65. The molecule has 3 rings (SSSR count). The van der Waals surface area contributed by atoms with Gasteiger partial charge in [0.1, 0.15) is 10.7 Å². The first-order chi connectivity index (χ1) is 11.0. The number of anilines is 1. The van der Waals surface area contributed by atoms with Crippen LogP contribution in [0.4, 0.5) is 5.82 Å². The molecular formula is C16H25N3O2S2. The molecule has 7 heteroatoms. The summed E-state index contributed by atoms with van der Waals surface area (Å²) < 4.78 is 26.9. The number of aromatic nitrogens is 1. The molecule has 1 aromatic heterocycles. The molecule has 2 unspecified atom stereocenters. The van der Waals surface area contributed by atoms with Crippen LogP contribution in [-0.4, -0.2) is 54.4 Å². The summed E-state index contributed by atoms with van der Waals surface area (Å²) in [5.74, 6) is 1.96. The first-order valence-corrected chi connectivity index (χ1v) is 10.8. The quantitative estimate of drug-likeness (QED) is 0.834. The van der Waals surface area contributed by atoms with E-state index in [0.29, 0.717) is 29.3 Å². The average molecular weight is 356 g/mol. The molecule has 128 valence electrons. The highest BCUT2D eigenvalue weighted by atomic mass is 32.2. The number of sulfonamides is 1. The molecule has 0 aromatic carbocycles. The summed E-state index contributed by atoms with van der Waals surface area (Å²) in [5.41, 5.74) is 0. The predicted octanol–water partition coefficient (Wildman–Crippen LogP) is 2.59. The average Bonchev–Trinajstić information content (AvgIpc) is 2.58. The van der Waals surface area contributed by atoms with Crippen LogP contribution in [0.1, 0.15) is 33.1 Å². The van der Waals surface area contributed by atoms with Crippen LogP contribution in [0.2, 0.25) is 0 Å². The fourth-order valence-corrected chi connectivity index (χ4v) is 5.77. The lowest BCUT2D eigenvalue weighted by Crippen LogP contribution is -2.45. The van der Waals surface area contributed by atoms with Gasteiger partial charge in [-0.2, -0.15) is 16.1 Å². The fraction of sp³-hybridized carbons (Fsp3) is 0.688. The molecule has 2 aliphatic heterocycles. The van der Waals surface area contributed by atoms with Gasteiger partial charge in [0.2, 0.25) is 10.0 Å². The smallest absolute Gasteiger partial charge is 0.244 e. The Morgan fingerprint density at radius 3 is 2.52 bits per heavy atom. The molecule has 0 N–H and O–H groups in total. The van der Waals surface area contributed by atoms with Crippen LogP contribution in [0.3, 0.4) is 0 Å². The fourth-order valence-electron chi connectivity index (χ4n) is 3.21. The molecule has 2 saturated heterocycles. The van der Waals surface area contributed by atoms with Crippen molar-refractivity contribution in [1.82, 2.24) is 9.29 Å². The second-order valence-corrected chi connectivity index (χ2v) is 9.75. The van der Waals surface area contributed by atoms with Crippen LogP contribution in [-0.2, 0) is 10.0 Å². The number of nitrogens with zero attached hydrogens (tertiary/aromatic N) is 3. The molecule has 0 spiro atoms. The van der Waals surface area contributed by atoms with Gasteiger partial charge in [-0.05, 0) is 31.9 Å². The zero-order valence-corrected chi connectivity index (χ0v) is 15.4. The van der Waals surface area contributed by atoms with Crippen LogP contribution in [0, 0.1) is 0 Å². The van der Waals surface area contributed by atoms with Gasteiger partial charge in [-0.15, -0.1) is 0 Å². The second-order valence-electron chi connectivity index (χ2n) is 6.33. The molecule has 0 radical (unpaired) electrons. The molecule has 2 fully saturated rings. The van der Waals surface area contributed by atoms with Gasteiger partial charge in [0.05, 0.1) is 0 Å². The van der Waals surface area contributed by atoms with Crippen LogP contribution in [0.15, 0.2) is 23.2 Å². The number of hydrogen-bond donors (Lipinski definition) is 0. The van der Waals surface area contributed by atoms with Gasteiger partial charge < -0.3 is 4.90 Å². The van der Waals surface area contributed by atoms with E-state index in [1.165, 1.54) is 6.20 Å². The van der Waals surface area contributed by atoms with Gasteiger partial charge in [0.25, 0.3) is 0 Å². The normalized spacial score (nSPS) is 27.1. The highest BCUT2D eigenvalue weighted by Crippen LogP contribution is 2.28. The number of hydrogen-bond acceptors (Lipinski definition) is 5. The van der Waals surface area contributed by atoms with E-state index < -0.39 is 10.0 Å².